The van der Waals surface area contributed by atoms with Crippen LogP contribution in [0.2, 0.25) is 0 Å². The molecule has 33 heavy (non-hydrogen) atoms. The fourth-order valence-corrected chi connectivity index (χ4v) is 5.12. The molecule has 2 aromatic rings. The largest absolute Gasteiger partial charge is 0.328 e. The molecule has 3 heterocycles. The summed E-state index contributed by atoms with van der Waals surface area (Å²) in [4.78, 5) is 32.4. The lowest BCUT2D eigenvalue weighted by molar-refractivity contribution is -0.126. The molecule has 2 aliphatic rings. The van der Waals surface area contributed by atoms with Crippen LogP contribution in [-0.2, 0) is 21.2 Å². The molecular formula is C21H27N7O4S. The quantitative estimate of drug-likeness (QED) is 0.686. The highest BCUT2D eigenvalue weighted by Crippen LogP contribution is 2.34. The minimum absolute atomic E-state index is 0.0584. The van der Waals surface area contributed by atoms with E-state index in [9.17, 15) is 18.0 Å². The third kappa shape index (κ3) is 4.35. The number of carbonyl (C=O) groups excluding carboxylic acids is 2. The zero-order chi connectivity index (χ0) is 24.1. The molecule has 1 aromatic heterocycles. The molecular weight excluding hydrogens is 446 g/mol. The number of urea groups is 1. The second-order valence-corrected chi connectivity index (χ2v) is 11.4. The highest BCUT2D eigenvalue weighted by Gasteiger charge is 2.50. The Kier molecular flexibility index (Phi) is 5.53. The minimum Gasteiger partial charge on any atom is -0.302 e. The monoisotopic (exact) mass is 473 g/mol. The average Bonchev–Trinajstić information content (AvgIpc) is 3.37. The van der Waals surface area contributed by atoms with E-state index in [1.807, 2.05) is 45.0 Å². The number of amides is 3. The number of aromatic nitrogens is 3. The molecule has 2 aliphatic heterocycles. The molecule has 1 fully saturated rings. The molecule has 0 saturated carbocycles. The van der Waals surface area contributed by atoms with Gasteiger partial charge in [-0.25, -0.2) is 28.3 Å². The van der Waals surface area contributed by atoms with E-state index in [1.54, 1.807) is 11.0 Å². The summed E-state index contributed by atoms with van der Waals surface area (Å²) in [6.07, 6.45) is 3.22. The average molecular weight is 474 g/mol. The first-order valence-electron chi connectivity index (χ1n) is 10.4. The van der Waals surface area contributed by atoms with Crippen molar-refractivity contribution in [2.75, 3.05) is 19.8 Å². The number of carbonyl (C=O) groups is 2. The Balaban J connectivity index is 1.70. The number of rotatable bonds is 5. The van der Waals surface area contributed by atoms with Crippen LogP contribution in [0.1, 0.15) is 26.3 Å². The molecule has 12 heteroatoms. The van der Waals surface area contributed by atoms with Gasteiger partial charge in [0.15, 0.2) is 14.9 Å². The van der Waals surface area contributed by atoms with Gasteiger partial charge in [0.1, 0.15) is 18.8 Å². The molecule has 1 unspecified atom stereocenters. The molecule has 4 rings (SSSR count). The van der Waals surface area contributed by atoms with Crippen molar-refractivity contribution in [2.24, 2.45) is 5.41 Å². The first-order chi connectivity index (χ1) is 15.4. The van der Waals surface area contributed by atoms with Gasteiger partial charge in [-0.3, -0.25) is 14.7 Å². The van der Waals surface area contributed by atoms with E-state index in [0.29, 0.717) is 6.54 Å². The third-order valence-electron chi connectivity index (χ3n) is 5.36. The van der Waals surface area contributed by atoms with E-state index in [-0.39, 0.29) is 22.6 Å². The molecule has 0 radical (unpaired) electrons. The highest BCUT2D eigenvalue weighted by atomic mass is 32.2. The fraction of sp³-hybridized carbons (Fsp3) is 0.429. The van der Waals surface area contributed by atoms with Gasteiger partial charge in [-0.1, -0.05) is 32.9 Å². The van der Waals surface area contributed by atoms with E-state index in [1.165, 1.54) is 23.3 Å². The summed E-state index contributed by atoms with van der Waals surface area (Å²) >= 11 is 0. The zero-order valence-corrected chi connectivity index (χ0v) is 20.0. The number of hydrogen-bond acceptors (Lipinski definition) is 8. The van der Waals surface area contributed by atoms with Gasteiger partial charge in [0.2, 0.25) is 0 Å². The highest BCUT2D eigenvalue weighted by molar-refractivity contribution is 7.94. The molecule has 1 saturated heterocycles. The Labute approximate surface area is 192 Å². The molecule has 0 bridgehead atoms. The van der Waals surface area contributed by atoms with E-state index in [4.69, 9.17) is 0 Å². The van der Waals surface area contributed by atoms with Gasteiger partial charge in [-0.15, -0.1) is 0 Å². The number of hydrazine groups is 1. The van der Waals surface area contributed by atoms with E-state index < -0.39 is 27.9 Å². The Morgan fingerprint density at radius 3 is 2.33 bits per heavy atom. The van der Waals surface area contributed by atoms with Crippen LogP contribution < -0.4 is 5.43 Å². The molecule has 3 amide bonds. The number of imide groups is 1. The lowest BCUT2D eigenvalue weighted by Gasteiger charge is -2.41. The van der Waals surface area contributed by atoms with Crippen molar-refractivity contribution in [3.63, 3.8) is 0 Å². The lowest BCUT2D eigenvalue weighted by atomic mass is 9.95. The van der Waals surface area contributed by atoms with Crippen molar-refractivity contribution < 1.29 is 18.0 Å². The fourth-order valence-electron chi connectivity index (χ4n) is 4.00. The van der Waals surface area contributed by atoms with Crippen LogP contribution in [0.5, 0.6) is 0 Å². The van der Waals surface area contributed by atoms with E-state index in [0.717, 1.165) is 22.4 Å². The summed E-state index contributed by atoms with van der Waals surface area (Å²) in [6, 6.07) is 6.90. The maximum absolute atomic E-state index is 13.0. The van der Waals surface area contributed by atoms with Crippen LogP contribution in [0.15, 0.2) is 47.5 Å². The van der Waals surface area contributed by atoms with E-state index in [2.05, 4.69) is 15.5 Å². The van der Waals surface area contributed by atoms with Crippen LogP contribution in [-0.4, -0.2) is 75.9 Å². The molecule has 1 N–H and O–H groups in total. The zero-order valence-electron chi connectivity index (χ0n) is 19.2. The number of nitrogens with one attached hydrogen (secondary N) is 1. The first-order valence-corrected chi connectivity index (χ1v) is 12.3. The Bertz CT molecular complexity index is 1210. The van der Waals surface area contributed by atoms with Crippen molar-refractivity contribution in [3.05, 3.63) is 53.1 Å². The second-order valence-electron chi connectivity index (χ2n) is 9.45. The van der Waals surface area contributed by atoms with E-state index >= 15 is 0 Å². The van der Waals surface area contributed by atoms with Crippen molar-refractivity contribution in [1.82, 2.24) is 35.0 Å². The van der Waals surface area contributed by atoms with Gasteiger partial charge in [-0.05, 0) is 23.1 Å². The lowest BCUT2D eigenvalue weighted by Crippen LogP contribution is -2.62. The summed E-state index contributed by atoms with van der Waals surface area (Å²) in [7, 11) is -2.42. The normalized spacial score (nSPS) is 19.5. The molecule has 176 valence electrons. The van der Waals surface area contributed by atoms with Gasteiger partial charge < -0.3 is 4.90 Å². The maximum Gasteiger partial charge on any atom is 0.328 e. The third-order valence-corrected chi connectivity index (χ3v) is 6.51. The van der Waals surface area contributed by atoms with Crippen molar-refractivity contribution in [1.29, 1.82) is 0 Å². The van der Waals surface area contributed by atoms with Gasteiger partial charge in [0.05, 0.1) is 17.8 Å². The number of nitrogens with zero attached hydrogens (tertiary/aromatic N) is 6. The van der Waals surface area contributed by atoms with Crippen LogP contribution in [0.3, 0.4) is 0 Å². The molecule has 1 atom stereocenters. The van der Waals surface area contributed by atoms with Gasteiger partial charge in [0.25, 0.3) is 5.91 Å². The summed E-state index contributed by atoms with van der Waals surface area (Å²) in [5.74, 6) is -0.618. The first kappa shape index (κ1) is 22.9. The summed E-state index contributed by atoms with van der Waals surface area (Å²) in [6.45, 7) is 6.43. The topological polar surface area (TPSA) is 121 Å². The second kappa shape index (κ2) is 7.96. The predicted molar refractivity (Wildman–Crippen MR) is 120 cm³/mol. The summed E-state index contributed by atoms with van der Waals surface area (Å²) in [5, 5.41) is 5.42. The minimum atomic E-state index is -3.79. The number of sulfone groups is 1. The molecule has 1 aromatic carbocycles. The maximum atomic E-state index is 13.0. The van der Waals surface area contributed by atoms with Crippen LogP contribution >= 0.6 is 0 Å². The standard InChI is InChI=1S/C21H27N7O4S/c1-21(2,3)11-26-17-16(18(29)25(4)20(26)30)19(33(5,31)32)27(24-17)10-14-6-8-15(9-7-14)28-13-22-12-23-28/h6-9,12-13,17,24H,10-11H2,1-5H3. The predicted octanol–water partition coefficient (Wildman–Crippen LogP) is 1.11. The van der Waals surface area contributed by atoms with Crippen LogP contribution in [0.25, 0.3) is 5.69 Å². The number of likely N-dealkylation sites (N-methyl/N-ethyl adjacent to an activating group) is 1. The molecule has 0 spiro atoms. The van der Waals surface area contributed by atoms with Crippen LogP contribution in [0.4, 0.5) is 4.79 Å². The van der Waals surface area contributed by atoms with Gasteiger partial charge in [0, 0.05) is 19.8 Å². The van der Waals surface area contributed by atoms with Crippen molar-refractivity contribution in [2.45, 2.75) is 33.5 Å². The SMILES string of the molecule is CN1C(=O)C2=C(S(C)(=O)=O)N(Cc3ccc(-n4cncn4)cc3)NC2N(CC(C)(C)C)C1=O. The summed E-state index contributed by atoms with van der Waals surface area (Å²) < 4.78 is 27.2. The smallest absolute Gasteiger partial charge is 0.302 e. The molecule has 0 aliphatic carbocycles. The Morgan fingerprint density at radius 1 is 1.12 bits per heavy atom. The number of hydrogen-bond donors (Lipinski definition) is 1. The van der Waals surface area contributed by atoms with Crippen molar-refractivity contribution in [3.8, 4) is 5.69 Å². The number of benzene rings is 1. The van der Waals surface area contributed by atoms with Crippen molar-refractivity contribution >= 4 is 21.8 Å². The Hall–Kier alpha value is -3.25. The van der Waals surface area contributed by atoms with Gasteiger partial charge in [-0.2, -0.15) is 5.10 Å². The molecule has 11 nitrogen and oxygen atoms in total. The van der Waals surface area contributed by atoms with Crippen LogP contribution in [0, 0.1) is 5.41 Å². The van der Waals surface area contributed by atoms with Gasteiger partial charge >= 0.3 is 6.03 Å². The summed E-state index contributed by atoms with van der Waals surface area (Å²) in [5.41, 5.74) is 4.51. The number of fused-ring (bicyclic) bond motifs is 1. The Morgan fingerprint density at radius 2 is 1.79 bits per heavy atom.